The van der Waals surface area contributed by atoms with Crippen molar-refractivity contribution in [3.8, 4) is 5.75 Å². The number of nitrogens with one attached hydrogen (secondary N) is 1. The number of hydrogen-bond acceptors (Lipinski definition) is 2. The summed E-state index contributed by atoms with van der Waals surface area (Å²) in [5.74, 6) is 0.961. The Hall–Kier alpha value is -1.22. The highest BCUT2D eigenvalue weighted by Crippen LogP contribution is 2.22. The topological polar surface area (TPSA) is 21.3 Å². The Morgan fingerprint density at radius 2 is 1.70 bits per heavy atom. The van der Waals surface area contributed by atoms with Crippen LogP contribution in [0.25, 0.3) is 0 Å². The molecule has 4 heteroatoms. The molecule has 0 atom stereocenters. The molecule has 23 heavy (non-hydrogen) atoms. The molecule has 1 N–H and O–H groups in total. The van der Waals surface area contributed by atoms with Gasteiger partial charge in [-0.3, -0.25) is 0 Å². The molecule has 0 unspecified atom stereocenters. The summed E-state index contributed by atoms with van der Waals surface area (Å²) in [5.41, 5.74) is 2.35. The molecule has 0 aliphatic heterocycles. The average Bonchev–Trinajstić information content (AvgIpc) is 3.07. The first-order valence-electron chi connectivity index (χ1n) is 8.00. The summed E-state index contributed by atoms with van der Waals surface area (Å²) in [5, 5.41) is 4.40. The van der Waals surface area contributed by atoms with Crippen molar-refractivity contribution in [1.82, 2.24) is 5.32 Å². The van der Waals surface area contributed by atoms with Crippen molar-refractivity contribution in [2.24, 2.45) is 0 Å². The van der Waals surface area contributed by atoms with Gasteiger partial charge >= 0.3 is 0 Å². The lowest BCUT2D eigenvalue weighted by atomic mass is 10.1. The second kappa shape index (κ2) is 9.17. The summed E-state index contributed by atoms with van der Waals surface area (Å²) < 4.78 is 6.00. The lowest BCUT2D eigenvalue weighted by molar-refractivity contribution is 0.301. The van der Waals surface area contributed by atoms with E-state index < -0.39 is 0 Å². The van der Waals surface area contributed by atoms with Crippen LogP contribution in [0.2, 0.25) is 5.02 Å². The number of para-hydroxylation sites is 1. The fourth-order valence-electron chi connectivity index (χ4n) is 2.92. The second-order valence-electron chi connectivity index (χ2n) is 5.89. The van der Waals surface area contributed by atoms with E-state index in [9.17, 15) is 0 Å². The molecule has 2 aromatic carbocycles. The molecule has 0 aromatic heterocycles. The van der Waals surface area contributed by atoms with Crippen LogP contribution in [0.1, 0.15) is 36.8 Å². The van der Waals surface area contributed by atoms with Crippen molar-refractivity contribution in [2.45, 2.75) is 44.9 Å². The fraction of sp³-hybridized carbons (Fsp3) is 0.368. The molecule has 1 aliphatic carbocycles. The highest BCUT2D eigenvalue weighted by Gasteiger charge is 2.14. The van der Waals surface area contributed by atoms with Gasteiger partial charge in [0, 0.05) is 23.2 Å². The third-order valence-electron chi connectivity index (χ3n) is 4.22. The maximum atomic E-state index is 6.00. The van der Waals surface area contributed by atoms with Gasteiger partial charge < -0.3 is 10.1 Å². The van der Waals surface area contributed by atoms with Crippen LogP contribution in [0.3, 0.4) is 0 Å². The highest BCUT2D eigenvalue weighted by molar-refractivity contribution is 6.30. The molecule has 0 saturated heterocycles. The summed E-state index contributed by atoms with van der Waals surface area (Å²) in [6.45, 7) is 1.44. The Kier molecular flexibility index (Phi) is 7.22. The van der Waals surface area contributed by atoms with Gasteiger partial charge in [0.05, 0.1) is 0 Å². The van der Waals surface area contributed by atoms with Crippen LogP contribution in [-0.2, 0) is 13.2 Å². The Morgan fingerprint density at radius 3 is 2.43 bits per heavy atom. The van der Waals surface area contributed by atoms with Gasteiger partial charge in [-0.2, -0.15) is 0 Å². The van der Waals surface area contributed by atoms with Crippen LogP contribution >= 0.6 is 24.0 Å². The molecule has 3 rings (SSSR count). The minimum atomic E-state index is 0. The van der Waals surface area contributed by atoms with Crippen molar-refractivity contribution in [1.29, 1.82) is 0 Å². The SMILES string of the molecule is Cl.Clc1ccc(COc2ccccc2CNC2CCCC2)cc1. The summed E-state index contributed by atoms with van der Waals surface area (Å²) in [7, 11) is 0. The molecule has 0 amide bonds. The molecule has 0 spiro atoms. The predicted molar refractivity (Wildman–Crippen MR) is 98.6 cm³/mol. The van der Waals surface area contributed by atoms with E-state index in [1.165, 1.54) is 31.2 Å². The van der Waals surface area contributed by atoms with E-state index in [2.05, 4.69) is 17.4 Å². The molecule has 1 fully saturated rings. The number of benzene rings is 2. The smallest absolute Gasteiger partial charge is 0.124 e. The molecular formula is C19H23Cl2NO. The average molecular weight is 352 g/mol. The molecular weight excluding hydrogens is 329 g/mol. The summed E-state index contributed by atoms with van der Waals surface area (Å²) in [6, 6.07) is 16.7. The van der Waals surface area contributed by atoms with Crippen molar-refractivity contribution in [3.63, 3.8) is 0 Å². The zero-order chi connectivity index (χ0) is 15.2. The van der Waals surface area contributed by atoms with E-state index in [4.69, 9.17) is 16.3 Å². The minimum absolute atomic E-state index is 0. The Labute approximate surface area is 149 Å². The van der Waals surface area contributed by atoms with Gasteiger partial charge in [-0.1, -0.05) is 54.8 Å². The van der Waals surface area contributed by atoms with Crippen LogP contribution < -0.4 is 10.1 Å². The lowest BCUT2D eigenvalue weighted by Crippen LogP contribution is -2.25. The van der Waals surface area contributed by atoms with Crippen LogP contribution in [0.5, 0.6) is 5.75 Å². The van der Waals surface area contributed by atoms with Crippen molar-refractivity contribution in [3.05, 3.63) is 64.7 Å². The zero-order valence-electron chi connectivity index (χ0n) is 13.1. The fourth-order valence-corrected chi connectivity index (χ4v) is 3.04. The molecule has 124 valence electrons. The number of hydrogen-bond donors (Lipinski definition) is 1. The van der Waals surface area contributed by atoms with E-state index in [1.54, 1.807) is 0 Å². The normalized spacial score (nSPS) is 14.5. The summed E-state index contributed by atoms with van der Waals surface area (Å²) in [6.07, 6.45) is 5.31. The lowest BCUT2D eigenvalue weighted by Gasteiger charge is -2.15. The van der Waals surface area contributed by atoms with E-state index >= 15 is 0 Å². The van der Waals surface area contributed by atoms with E-state index in [1.807, 2.05) is 36.4 Å². The van der Waals surface area contributed by atoms with Gasteiger partial charge in [-0.05, 0) is 36.6 Å². The molecule has 0 bridgehead atoms. The number of rotatable bonds is 6. The van der Waals surface area contributed by atoms with Crippen molar-refractivity contribution < 1.29 is 4.74 Å². The Balaban J connectivity index is 0.00000192. The molecule has 1 saturated carbocycles. The Morgan fingerprint density at radius 1 is 1.00 bits per heavy atom. The summed E-state index contributed by atoms with van der Waals surface area (Å²) >= 11 is 5.91. The van der Waals surface area contributed by atoms with Crippen LogP contribution in [0.15, 0.2) is 48.5 Å². The molecule has 2 nitrogen and oxygen atoms in total. The standard InChI is InChI=1S/C19H22ClNO.ClH/c20-17-11-9-15(10-12-17)14-22-19-8-4-1-5-16(19)13-21-18-6-2-3-7-18;/h1,4-5,8-12,18,21H,2-3,6-7,13-14H2;1H. The van der Waals surface area contributed by atoms with Gasteiger partial charge in [-0.25, -0.2) is 0 Å². The van der Waals surface area contributed by atoms with Gasteiger partial charge in [0.25, 0.3) is 0 Å². The largest absolute Gasteiger partial charge is 0.489 e. The number of halogens is 2. The molecule has 0 radical (unpaired) electrons. The molecule has 2 aromatic rings. The minimum Gasteiger partial charge on any atom is -0.489 e. The summed E-state index contributed by atoms with van der Waals surface area (Å²) in [4.78, 5) is 0. The van der Waals surface area contributed by atoms with Gasteiger partial charge in [0.1, 0.15) is 12.4 Å². The molecule has 1 aliphatic rings. The predicted octanol–water partition coefficient (Wildman–Crippen LogP) is 5.37. The third-order valence-corrected chi connectivity index (χ3v) is 4.47. The quantitative estimate of drug-likeness (QED) is 0.754. The van der Waals surface area contributed by atoms with Gasteiger partial charge in [0.2, 0.25) is 0 Å². The van der Waals surface area contributed by atoms with Crippen LogP contribution in [0, 0.1) is 0 Å². The third kappa shape index (κ3) is 5.42. The van der Waals surface area contributed by atoms with Crippen molar-refractivity contribution >= 4 is 24.0 Å². The highest BCUT2D eigenvalue weighted by atomic mass is 35.5. The first-order valence-corrected chi connectivity index (χ1v) is 8.37. The van der Waals surface area contributed by atoms with Crippen LogP contribution in [0.4, 0.5) is 0 Å². The zero-order valence-corrected chi connectivity index (χ0v) is 14.7. The van der Waals surface area contributed by atoms with Crippen molar-refractivity contribution in [2.75, 3.05) is 0 Å². The second-order valence-corrected chi connectivity index (χ2v) is 6.32. The first-order chi connectivity index (χ1) is 10.8. The molecule has 0 heterocycles. The van der Waals surface area contributed by atoms with Gasteiger partial charge in [0.15, 0.2) is 0 Å². The first kappa shape index (κ1) is 18.1. The van der Waals surface area contributed by atoms with Gasteiger partial charge in [-0.15, -0.1) is 12.4 Å². The monoisotopic (exact) mass is 351 g/mol. The van der Waals surface area contributed by atoms with E-state index in [0.717, 1.165) is 22.9 Å². The maximum Gasteiger partial charge on any atom is 0.124 e. The van der Waals surface area contributed by atoms with E-state index in [-0.39, 0.29) is 12.4 Å². The Bertz CT molecular complexity index is 595. The maximum absolute atomic E-state index is 6.00. The van der Waals surface area contributed by atoms with Crippen LogP contribution in [-0.4, -0.2) is 6.04 Å². The number of ether oxygens (including phenoxy) is 1. The van der Waals surface area contributed by atoms with E-state index in [0.29, 0.717) is 12.6 Å².